The van der Waals surface area contributed by atoms with Crippen LogP contribution >= 0.6 is 0 Å². The lowest BCUT2D eigenvalue weighted by atomic mass is 9.87. The van der Waals surface area contributed by atoms with Crippen LogP contribution in [0.15, 0.2) is 30.6 Å². The number of rotatable bonds is 6. The fraction of sp³-hybridized carbons (Fsp3) is 0.478. The van der Waals surface area contributed by atoms with Crippen molar-refractivity contribution in [1.29, 1.82) is 0 Å². The third-order valence-corrected chi connectivity index (χ3v) is 5.95. The summed E-state index contributed by atoms with van der Waals surface area (Å²) in [4.78, 5) is 33.1. The Hall–Kier alpha value is -3.00. The highest BCUT2D eigenvalue weighted by Gasteiger charge is 2.27. The van der Waals surface area contributed by atoms with Gasteiger partial charge in [0.05, 0.1) is 6.10 Å². The van der Waals surface area contributed by atoms with Gasteiger partial charge in [0.15, 0.2) is 0 Å². The number of imide groups is 1. The number of carbonyl (C=O) groups is 2. The molecule has 0 aliphatic heterocycles. The molecule has 1 aromatic carbocycles. The van der Waals surface area contributed by atoms with Gasteiger partial charge in [-0.2, -0.15) is 0 Å². The maximum absolute atomic E-state index is 12.3. The summed E-state index contributed by atoms with van der Waals surface area (Å²) in [5, 5.41) is 5.15. The van der Waals surface area contributed by atoms with Gasteiger partial charge in [-0.1, -0.05) is 0 Å². The molecular weight excluding hydrogens is 396 g/mol. The number of aryl methyl sites for hydroxylation is 1. The lowest BCUT2D eigenvalue weighted by molar-refractivity contribution is -0.125. The number of methoxy groups -OCH3 is 1. The number of carbonyl (C=O) groups excluding carboxylic acids is 2. The van der Waals surface area contributed by atoms with E-state index in [0.29, 0.717) is 23.4 Å². The van der Waals surface area contributed by atoms with Crippen molar-refractivity contribution in [2.45, 2.75) is 57.5 Å². The number of benzene rings is 1. The molecule has 0 bridgehead atoms. The molecule has 0 spiro atoms. The SMILES string of the molecule is COC1CCC(C(=O)NC(=O)Nc2ccc(Oc3ncc(C4CC4)cn3)c(C)c2)CC1. The van der Waals surface area contributed by atoms with E-state index < -0.39 is 6.03 Å². The molecule has 2 N–H and O–H groups in total. The minimum atomic E-state index is -0.536. The van der Waals surface area contributed by atoms with Gasteiger partial charge in [0.1, 0.15) is 5.75 Å². The maximum Gasteiger partial charge on any atom is 0.325 e. The summed E-state index contributed by atoms with van der Waals surface area (Å²) in [7, 11) is 1.69. The van der Waals surface area contributed by atoms with E-state index in [4.69, 9.17) is 9.47 Å². The summed E-state index contributed by atoms with van der Waals surface area (Å²) in [6.07, 6.45) is 9.37. The molecule has 1 aromatic heterocycles. The van der Waals surface area contributed by atoms with E-state index in [1.165, 1.54) is 12.8 Å². The van der Waals surface area contributed by atoms with Gasteiger partial charge in [-0.05, 0) is 80.7 Å². The van der Waals surface area contributed by atoms with E-state index >= 15 is 0 Å². The monoisotopic (exact) mass is 424 g/mol. The third kappa shape index (κ3) is 5.58. The first-order chi connectivity index (χ1) is 15.0. The first-order valence-corrected chi connectivity index (χ1v) is 10.8. The van der Waals surface area contributed by atoms with Gasteiger partial charge in [-0.15, -0.1) is 0 Å². The molecule has 0 saturated heterocycles. The second-order valence-corrected chi connectivity index (χ2v) is 8.31. The first kappa shape index (κ1) is 21.2. The molecule has 0 unspecified atom stereocenters. The molecule has 2 fully saturated rings. The van der Waals surface area contributed by atoms with Gasteiger partial charge in [0.2, 0.25) is 5.91 Å². The fourth-order valence-corrected chi connectivity index (χ4v) is 3.88. The van der Waals surface area contributed by atoms with Gasteiger partial charge < -0.3 is 14.8 Å². The van der Waals surface area contributed by atoms with Gasteiger partial charge in [0, 0.05) is 31.1 Å². The maximum atomic E-state index is 12.3. The van der Waals surface area contributed by atoms with Crippen molar-refractivity contribution in [3.8, 4) is 11.8 Å². The highest BCUT2D eigenvalue weighted by Crippen LogP contribution is 2.39. The Morgan fingerprint density at radius 3 is 2.35 bits per heavy atom. The Kier molecular flexibility index (Phi) is 6.46. The normalized spacial score (nSPS) is 20.7. The number of aromatic nitrogens is 2. The smallest absolute Gasteiger partial charge is 0.325 e. The predicted octanol–water partition coefficient (Wildman–Crippen LogP) is 4.31. The lowest BCUT2D eigenvalue weighted by Crippen LogP contribution is -2.40. The summed E-state index contributed by atoms with van der Waals surface area (Å²) in [5.41, 5.74) is 2.54. The molecule has 31 heavy (non-hydrogen) atoms. The van der Waals surface area contributed by atoms with Crippen LogP contribution in [0.4, 0.5) is 10.5 Å². The fourth-order valence-electron chi connectivity index (χ4n) is 3.88. The van der Waals surface area contributed by atoms with Crippen LogP contribution < -0.4 is 15.4 Å². The summed E-state index contributed by atoms with van der Waals surface area (Å²) < 4.78 is 11.1. The van der Waals surface area contributed by atoms with Gasteiger partial charge in [-0.25, -0.2) is 14.8 Å². The molecule has 0 radical (unpaired) electrons. The lowest BCUT2D eigenvalue weighted by Gasteiger charge is -2.26. The molecule has 2 saturated carbocycles. The zero-order valence-electron chi connectivity index (χ0n) is 17.9. The zero-order chi connectivity index (χ0) is 21.8. The van der Waals surface area contributed by atoms with Crippen molar-refractivity contribution in [3.05, 3.63) is 41.7 Å². The number of hydrogen-bond donors (Lipinski definition) is 2. The van der Waals surface area contributed by atoms with Crippen LogP contribution in [-0.4, -0.2) is 35.1 Å². The van der Waals surface area contributed by atoms with Crippen molar-refractivity contribution in [3.63, 3.8) is 0 Å². The number of urea groups is 1. The van der Waals surface area contributed by atoms with Crippen LogP contribution in [0.1, 0.15) is 55.6 Å². The van der Waals surface area contributed by atoms with Gasteiger partial charge in [-0.3, -0.25) is 10.1 Å². The molecule has 164 valence electrons. The van der Waals surface area contributed by atoms with E-state index in [9.17, 15) is 9.59 Å². The number of nitrogens with zero attached hydrogens (tertiary/aromatic N) is 2. The number of anilines is 1. The van der Waals surface area contributed by atoms with E-state index in [0.717, 1.165) is 36.8 Å². The highest BCUT2D eigenvalue weighted by molar-refractivity contribution is 6.01. The first-order valence-electron chi connectivity index (χ1n) is 10.8. The largest absolute Gasteiger partial charge is 0.424 e. The molecule has 0 atom stereocenters. The summed E-state index contributed by atoms with van der Waals surface area (Å²) >= 11 is 0. The van der Waals surface area contributed by atoms with E-state index in [2.05, 4.69) is 20.6 Å². The second-order valence-electron chi connectivity index (χ2n) is 8.31. The Bertz CT molecular complexity index is 935. The summed E-state index contributed by atoms with van der Waals surface area (Å²) in [5.74, 6) is 0.812. The Balaban J connectivity index is 1.29. The van der Waals surface area contributed by atoms with Crippen molar-refractivity contribution in [1.82, 2.24) is 15.3 Å². The molecule has 4 rings (SSSR count). The summed E-state index contributed by atoms with van der Waals surface area (Å²) in [6.45, 7) is 1.87. The van der Waals surface area contributed by atoms with Gasteiger partial charge >= 0.3 is 12.0 Å². The van der Waals surface area contributed by atoms with Gasteiger partial charge in [0.25, 0.3) is 0 Å². The summed E-state index contributed by atoms with van der Waals surface area (Å²) in [6, 6.07) is 5.00. The van der Waals surface area contributed by atoms with Crippen LogP contribution in [0.2, 0.25) is 0 Å². The van der Waals surface area contributed by atoms with Crippen LogP contribution in [0, 0.1) is 12.8 Å². The molecule has 2 aliphatic rings. The zero-order valence-corrected chi connectivity index (χ0v) is 17.9. The topological polar surface area (TPSA) is 102 Å². The van der Waals surface area contributed by atoms with Crippen LogP contribution in [0.3, 0.4) is 0 Å². The second kappa shape index (κ2) is 9.43. The highest BCUT2D eigenvalue weighted by atomic mass is 16.5. The Morgan fingerprint density at radius 2 is 1.74 bits per heavy atom. The van der Waals surface area contributed by atoms with Crippen molar-refractivity contribution in [2.24, 2.45) is 5.92 Å². The van der Waals surface area contributed by atoms with E-state index in [-0.39, 0.29) is 17.9 Å². The number of nitrogens with one attached hydrogen (secondary N) is 2. The van der Waals surface area contributed by atoms with Crippen LogP contribution in [-0.2, 0) is 9.53 Å². The molecule has 2 aliphatic carbocycles. The molecule has 8 heteroatoms. The van der Waals surface area contributed by atoms with Crippen molar-refractivity contribution in [2.75, 3.05) is 12.4 Å². The minimum absolute atomic E-state index is 0.152. The van der Waals surface area contributed by atoms with Crippen LogP contribution in [0.25, 0.3) is 0 Å². The average Bonchev–Trinajstić information content (AvgIpc) is 3.61. The molecule has 1 heterocycles. The molecule has 3 amide bonds. The van der Waals surface area contributed by atoms with E-state index in [1.54, 1.807) is 25.3 Å². The number of ether oxygens (including phenoxy) is 2. The molecule has 2 aromatic rings. The average molecular weight is 425 g/mol. The number of hydrogen-bond acceptors (Lipinski definition) is 6. The quantitative estimate of drug-likeness (QED) is 0.716. The molecular formula is C23H28N4O4. The van der Waals surface area contributed by atoms with Crippen LogP contribution in [0.5, 0.6) is 11.8 Å². The standard InChI is InChI=1S/C23H28N4O4/c1-14-11-18(26-22(29)27-21(28)16-5-8-19(30-2)9-6-16)7-10-20(14)31-23-24-12-17(13-25-23)15-3-4-15/h7,10-13,15-16,19H,3-6,8-9H2,1-2H3,(H2,26,27,28,29). The minimum Gasteiger partial charge on any atom is -0.424 e. The van der Waals surface area contributed by atoms with Crippen molar-refractivity contribution < 1.29 is 19.1 Å². The Labute approximate surface area is 181 Å². The third-order valence-electron chi connectivity index (χ3n) is 5.95. The number of amides is 3. The Morgan fingerprint density at radius 1 is 1.03 bits per heavy atom. The molecule has 8 nitrogen and oxygen atoms in total. The predicted molar refractivity (Wildman–Crippen MR) is 115 cm³/mol. The van der Waals surface area contributed by atoms with Crippen molar-refractivity contribution >= 4 is 17.6 Å². The van der Waals surface area contributed by atoms with E-state index in [1.807, 2.05) is 19.3 Å².